The highest BCUT2D eigenvalue weighted by Crippen LogP contribution is 2.41. The SMILES string of the molecule is C[C@H]1CN(C(=O)c2ccc3ncccc3c2)Cc2nnc(C3CC3)n21. The molecule has 5 rings (SSSR count). The zero-order chi connectivity index (χ0) is 17.0. The van der Waals surface area contributed by atoms with Crippen LogP contribution in [0.1, 0.15) is 53.7 Å². The Labute approximate surface area is 145 Å². The van der Waals surface area contributed by atoms with E-state index in [9.17, 15) is 4.79 Å². The zero-order valence-electron chi connectivity index (χ0n) is 14.1. The van der Waals surface area contributed by atoms with Crippen LogP contribution in [0, 0.1) is 0 Å². The van der Waals surface area contributed by atoms with Crippen LogP contribution in [-0.4, -0.2) is 37.1 Å². The quantitative estimate of drug-likeness (QED) is 0.723. The van der Waals surface area contributed by atoms with Gasteiger partial charge in [0.15, 0.2) is 5.82 Å². The second kappa shape index (κ2) is 5.37. The highest BCUT2D eigenvalue weighted by atomic mass is 16.2. The monoisotopic (exact) mass is 333 g/mol. The van der Waals surface area contributed by atoms with Gasteiger partial charge in [0.05, 0.1) is 18.1 Å². The highest BCUT2D eigenvalue weighted by Gasteiger charge is 2.35. The van der Waals surface area contributed by atoms with Crippen LogP contribution < -0.4 is 0 Å². The molecule has 1 fully saturated rings. The molecule has 0 bridgehead atoms. The topological polar surface area (TPSA) is 63.9 Å². The Balaban J connectivity index is 1.45. The van der Waals surface area contributed by atoms with Crippen molar-refractivity contribution in [3.8, 4) is 0 Å². The Bertz CT molecular complexity index is 975. The number of fused-ring (bicyclic) bond motifs is 2. The number of benzene rings is 1. The van der Waals surface area contributed by atoms with Crippen molar-refractivity contribution < 1.29 is 4.79 Å². The number of pyridine rings is 1. The fraction of sp³-hybridized carbons (Fsp3) is 0.368. The molecule has 25 heavy (non-hydrogen) atoms. The number of hydrogen-bond acceptors (Lipinski definition) is 4. The lowest BCUT2D eigenvalue weighted by molar-refractivity contribution is 0.0680. The largest absolute Gasteiger partial charge is 0.329 e. The third-order valence-electron chi connectivity index (χ3n) is 5.13. The van der Waals surface area contributed by atoms with Gasteiger partial charge in [0.2, 0.25) is 0 Å². The highest BCUT2D eigenvalue weighted by molar-refractivity contribution is 5.98. The molecule has 6 heteroatoms. The van der Waals surface area contributed by atoms with Gasteiger partial charge in [-0.1, -0.05) is 6.07 Å². The van der Waals surface area contributed by atoms with Gasteiger partial charge in [-0.15, -0.1) is 10.2 Å². The average molecular weight is 333 g/mol. The molecular formula is C19H19N5O. The Hall–Kier alpha value is -2.76. The fourth-order valence-electron chi connectivity index (χ4n) is 3.73. The van der Waals surface area contributed by atoms with E-state index in [0.29, 0.717) is 24.6 Å². The van der Waals surface area contributed by atoms with Crippen molar-refractivity contribution in [1.29, 1.82) is 0 Å². The predicted octanol–water partition coefficient (Wildman–Crippen LogP) is 2.92. The lowest BCUT2D eigenvalue weighted by atomic mass is 10.1. The maximum atomic E-state index is 13.0. The number of carbonyl (C=O) groups is 1. The van der Waals surface area contributed by atoms with E-state index in [2.05, 4.69) is 26.7 Å². The summed E-state index contributed by atoms with van der Waals surface area (Å²) in [7, 11) is 0. The first-order valence-corrected chi connectivity index (χ1v) is 8.78. The van der Waals surface area contributed by atoms with Gasteiger partial charge in [-0.2, -0.15) is 0 Å². The molecule has 3 heterocycles. The van der Waals surface area contributed by atoms with Crippen molar-refractivity contribution in [2.45, 2.75) is 38.3 Å². The summed E-state index contributed by atoms with van der Waals surface area (Å²) < 4.78 is 2.24. The van der Waals surface area contributed by atoms with Crippen molar-refractivity contribution in [2.24, 2.45) is 0 Å². The minimum absolute atomic E-state index is 0.0415. The number of aromatic nitrogens is 4. The van der Waals surface area contributed by atoms with Crippen LogP contribution in [0.25, 0.3) is 10.9 Å². The van der Waals surface area contributed by atoms with Crippen molar-refractivity contribution >= 4 is 16.8 Å². The third kappa shape index (κ3) is 2.40. The van der Waals surface area contributed by atoms with Crippen LogP contribution in [0.5, 0.6) is 0 Å². The van der Waals surface area contributed by atoms with E-state index in [0.717, 1.165) is 22.6 Å². The molecule has 1 atom stereocenters. The van der Waals surface area contributed by atoms with Crippen molar-refractivity contribution in [1.82, 2.24) is 24.6 Å². The number of carbonyl (C=O) groups excluding carboxylic acids is 1. The van der Waals surface area contributed by atoms with E-state index in [-0.39, 0.29) is 11.9 Å². The van der Waals surface area contributed by atoms with Crippen molar-refractivity contribution in [3.63, 3.8) is 0 Å². The van der Waals surface area contributed by atoms with Crippen LogP contribution in [0.3, 0.4) is 0 Å². The minimum atomic E-state index is 0.0415. The van der Waals surface area contributed by atoms with Gasteiger partial charge in [-0.05, 0) is 44.0 Å². The molecule has 2 aliphatic rings. The summed E-state index contributed by atoms with van der Waals surface area (Å²) in [5.41, 5.74) is 1.60. The van der Waals surface area contributed by atoms with Gasteiger partial charge in [0, 0.05) is 29.6 Å². The molecule has 6 nitrogen and oxygen atoms in total. The van der Waals surface area contributed by atoms with E-state index in [1.165, 1.54) is 12.8 Å². The summed E-state index contributed by atoms with van der Waals surface area (Å²) in [4.78, 5) is 19.2. The number of rotatable bonds is 2. The molecule has 2 aromatic heterocycles. The lowest BCUT2D eigenvalue weighted by Crippen LogP contribution is -2.40. The number of amides is 1. The van der Waals surface area contributed by atoms with E-state index < -0.39 is 0 Å². The van der Waals surface area contributed by atoms with Crippen molar-refractivity contribution in [2.75, 3.05) is 6.54 Å². The van der Waals surface area contributed by atoms with Crippen molar-refractivity contribution in [3.05, 3.63) is 53.7 Å². The maximum absolute atomic E-state index is 13.0. The maximum Gasteiger partial charge on any atom is 0.254 e. The molecule has 0 spiro atoms. The van der Waals surface area contributed by atoms with Crippen LogP contribution >= 0.6 is 0 Å². The van der Waals surface area contributed by atoms with Crippen LogP contribution in [-0.2, 0) is 6.54 Å². The third-order valence-corrected chi connectivity index (χ3v) is 5.13. The molecule has 0 saturated heterocycles. The van der Waals surface area contributed by atoms with E-state index in [1.807, 2.05) is 35.2 Å². The summed E-state index contributed by atoms with van der Waals surface area (Å²) >= 11 is 0. The Morgan fingerprint density at radius 1 is 1.20 bits per heavy atom. The Kier molecular flexibility index (Phi) is 3.13. The summed E-state index contributed by atoms with van der Waals surface area (Å²) in [6.45, 7) is 3.35. The van der Waals surface area contributed by atoms with Gasteiger partial charge in [0.1, 0.15) is 5.82 Å². The van der Waals surface area contributed by atoms with Gasteiger partial charge < -0.3 is 9.47 Å². The minimum Gasteiger partial charge on any atom is -0.329 e. The summed E-state index contributed by atoms with van der Waals surface area (Å²) in [6, 6.07) is 9.77. The molecule has 0 unspecified atom stereocenters. The molecule has 126 valence electrons. The molecule has 1 aliphatic carbocycles. The number of nitrogens with zero attached hydrogens (tertiary/aromatic N) is 5. The number of hydrogen-bond donors (Lipinski definition) is 0. The molecule has 1 saturated carbocycles. The molecule has 1 aliphatic heterocycles. The molecular weight excluding hydrogens is 314 g/mol. The summed E-state index contributed by atoms with van der Waals surface area (Å²) in [5, 5.41) is 9.72. The van der Waals surface area contributed by atoms with E-state index >= 15 is 0 Å². The van der Waals surface area contributed by atoms with Gasteiger partial charge in [-0.3, -0.25) is 9.78 Å². The average Bonchev–Trinajstić information content (AvgIpc) is 3.39. The van der Waals surface area contributed by atoms with Crippen LogP contribution in [0.4, 0.5) is 0 Å². The normalized spacial score (nSPS) is 19.9. The molecule has 3 aromatic rings. The first kappa shape index (κ1) is 14.6. The second-order valence-corrected chi connectivity index (χ2v) is 7.06. The van der Waals surface area contributed by atoms with Crippen LogP contribution in [0.2, 0.25) is 0 Å². The lowest BCUT2D eigenvalue weighted by Gasteiger charge is -2.32. The Morgan fingerprint density at radius 2 is 2.08 bits per heavy atom. The van der Waals surface area contributed by atoms with Gasteiger partial charge in [-0.25, -0.2) is 0 Å². The molecule has 0 radical (unpaired) electrons. The fourth-order valence-corrected chi connectivity index (χ4v) is 3.73. The predicted molar refractivity (Wildman–Crippen MR) is 93.2 cm³/mol. The standard InChI is InChI=1S/C19H19N5O/c1-12-10-23(11-17-21-22-18(24(12)17)13-4-5-13)19(25)15-6-7-16-14(9-15)3-2-8-20-16/h2-3,6-9,12-13H,4-5,10-11H2,1H3/t12-/m0/s1. The molecule has 0 N–H and O–H groups in total. The first-order valence-electron chi connectivity index (χ1n) is 8.78. The van der Waals surface area contributed by atoms with Gasteiger partial charge >= 0.3 is 0 Å². The smallest absolute Gasteiger partial charge is 0.254 e. The molecule has 1 amide bonds. The van der Waals surface area contributed by atoms with Gasteiger partial charge in [0.25, 0.3) is 5.91 Å². The summed E-state index contributed by atoms with van der Waals surface area (Å²) in [6.07, 6.45) is 4.18. The molecule has 1 aromatic carbocycles. The Morgan fingerprint density at radius 3 is 2.92 bits per heavy atom. The second-order valence-electron chi connectivity index (χ2n) is 7.06. The zero-order valence-corrected chi connectivity index (χ0v) is 14.1. The van der Waals surface area contributed by atoms with E-state index in [1.54, 1.807) is 6.20 Å². The summed E-state index contributed by atoms with van der Waals surface area (Å²) in [5.74, 6) is 2.61. The van der Waals surface area contributed by atoms with Crippen LogP contribution in [0.15, 0.2) is 36.5 Å². The van der Waals surface area contributed by atoms with E-state index in [4.69, 9.17) is 0 Å². The first-order chi connectivity index (χ1) is 12.2.